The van der Waals surface area contributed by atoms with Gasteiger partial charge in [0.25, 0.3) is 5.95 Å². The molecule has 27 heavy (non-hydrogen) atoms. The maximum Gasteiger partial charge on any atom is 0.291 e. The highest BCUT2D eigenvalue weighted by Gasteiger charge is 2.31. The third-order valence-electron chi connectivity index (χ3n) is 3.64. The first-order chi connectivity index (χ1) is 12.8. The molecule has 1 aliphatic rings. The lowest BCUT2D eigenvalue weighted by Gasteiger charge is -2.20. The van der Waals surface area contributed by atoms with Gasteiger partial charge < -0.3 is 29.2 Å². The normalized spacial score (nSPS) is 16.9. The number of Topliss-reactive ketones (excluding diaryl/α,β-unsaturated/α-hetero) is 2. The monoisotopic (exact) mass is 382 g/mol. The van der Waals surface area contributed by atoms with Crippen LogP contribution < -0.4 is 10.2 Å². The van der Waals surface area contributed by atoms with Gasteiger partial charge in [-0.1, -0.05) is 0 Å². The summed E-state index contributed by atoms with van der Waals surface area (Å²) < 4.78 is 15.8. The first-order valence-electron chi connectivity index (χ1n) is 8.00. The summed E-state index contributed by atoms with van der Waals surface area (Å²) in [5.74, 6) is -4.57. The number of hydrogen-bond donors (Lipinski definition) is 3. The van der Waals surface area contributed by atoms with E-state index in [0.717, 1.165) is 6.07 Å². The summed E-state index contributed by atoms with van der Waals surface area (Å²) in [6, 6.07) is 0.805. The lowest BCUT2D eigenvalue weighted by Crippen LogP contribution is -2.28. The second-order valence-corrected chi connectivity index (χ2v) is 5.69. The van der Waals surface area contributed by atoms with Gasteiger partial charge in [0.15, 0.2) is 11.5 Å². The zero-order chi connectivity index (χ0) is 20.1. The van der Waals surface area contributed by atoms with Gasteiger partial charge in [-0.2, -0.15) is 0 Å². The van der Waals surface area contributed by atoms with Gasteiger partial charge in [0.05, 0.1) is 30.8 Å². The van der Waals surface area contributed by atoms with Crippen molar-refractivity contribution in [3.8, 4) is 11.7 Å². The number of aliphatic hydroxyl groups is 2. The van der Waals surface area contributed by atoms with E-state index >= 15 is 0 Å². The molecule has 10 nitrogen and oxygen atoms in total. The topological polar surface area (TPSA) is 161 Å². The molecule has 1 aromatic heterocycles. The Hall–Kier alpha value is -2.82. The van der Waals surface area contributed by atoms with Crippen LogP contribution in [0.3, 0.4) is 0 Å². The Morgan fingerprint density at radius 2 is 1.89 bits per heavy atom. The van der Waals surface area contributed by atoms with Crippen LogP contribution in [0.15, 0.2) is 21.4 Å². The van der Waals surface area contributed by atoms with Crippen molar-refractivity contribution in [3.63, 3.8) is 0 Å². The minimum Gasteiger partial charge on any atom is -0.502 e. The molecule has 0 amide bonds. The Labute approximate surface area is 152 Å². The molecule has 0 aromatic carbocycles. The van der Waals surface area contributed by atoms with Crippen molar-refractivity contribution in [3.05, 3.63) is 28.1 Å². The number of rotatable bonds is 8. The molecule has 2 rings (SSSR count). The minimum absolute atomic E-state index is 0.145. The molecule has 146 valence electrons. The summed E-state index contributed by atoms with van der Waals surface area (Å²) in [4.78, 5) is 46.7. The number of hydrogen-bond acceptors (Lipinski definition) is 10. The molecule has 0 spiro atoms. The van der Waals surface area contributed by atoms with E-state index < -0.39 is 64.6 Å². The lowest BCUT2D eigenvalue weighted by atomic mass is 9.94. The van der Waals surface area contributed by atoms with Crippen LogP contribution in [0, 0.1) is 0 Å². The molecular formula is C17H18O10. The molecule has 0 saturated heterocycles. The summed E-state index contributed by atoms with van der Waals surface area (Å²) in [5, 5.41) is 27.9. The summed E-state index contributed by atoms with van der Waals surface area (Å²) in [6.07, 6.45) is -1.60. The van der Waals surface area contributed by atoms with Gasteiger partial charge in [0, 0.05) is 12.7 Å². The number of aliphatic hydroxyl groups excluding tert-OH is 2. The van der Waals surface area contributed by atoms with Crippen LogP contribution in [0.4, 0.5) is 0 Å². The zero-order valence-electron chi connectivity index (χ0n) is 14.3. The van der Waals surface area contributed by atoms with E-state index in [1.54, 1.807) is 0 Å². The third-order valence-corrected chi connectivity index (χ3v) is 3.64. The Balaban J connectivity index is 2.30. The summed E-state index contributed by atoms with van der Waals surface area (Å²) in [6.45, 7) is 0.829. The van der Waals surface area contributed by atoms with Gasteiger partial charge in [-0.25, -0.2) is 0 Å². The van der Waals surface area contributed by atoms with Gasteiger partial charge in [-0.05, 0) is 13.3 Å². The molecule has 2 unspecified atom stereocenters. The number of ether oxygens (including phenoxy) is 2. The first-order valence-corrected chi connectivity index (χ1v) is 8.00. The third kappa shape index (κ3) is 4.88. The summed E-state index contributed by atoms with van der Waals surface area (Å²) in [7, 11) is 0. The SMILES string of the molecule is CC(Oc1cc(=O)c(O)c(C2=CC(=O)C(=O)CC2=O)o1)OC(CO)CCO. The standard InChI is InChI=1S/C17H18O10/c1-8(25-9(7-19)2-3-18)26-15-6-14(23)16(24)17(27-15)10-4-12(21)13(22)5-11(10)20/h4,6,8-9,18-19,24H,2-3,5,7H2,1H3. The average molecular weight is 382 g/mol. The van der Waals surface area contributed by atoms with Crippen molar-refractivity contribution in [2.75, 3.05) is 13.2 Å². The van der Waals surface area contributed by atoms with Gasteiger partial charge >= 0.3 is 0 Å². The lowest BCUT2D eigenvalue weighted by molar-refractivity contribution is -0.136. The van der Waals surface area contributed by atoms with E-state index in [9.17, 15) is 24.3 Å². The van der Waals surface area contributed by atoms with Crippen LogP contribution in [0.1, 0.15) is 25.5 Å². The molecule has 3 N–H and O–H groups in total. The van der Waals surface area contributed by atoms with Crippen molar-refractivity contribution in [1.82, 2.24) is 0 Å². The van der Waals surface area contributed by atoms with E-state index in [0.29, 0.717) is 6.08 Å². The maximum absolute atomic E-state index is 12.0. The fourth-order valence-corrected chi connectivity index (χ4v) is 2.33. The fourth-order valence-electron chi connectivity index (χ4n) is 2.33. The number of carbonyl (C=O) groups excluding carboxylic acids is 3. The van der Waals surface area contributed by atoms with Crippen molar-refractivity contribution < 1.29 is 43.6 Å². The van der Waals surface area contributed by atoms with Gasteiger partial charge in [0.2, 0.25) is 29.0 Å². The molecule has 0 saturated carbocycles. The molecule has 1 heterocycles. The smallest absolute Gasteiger partial charge is 0.291 e. The van der Waals surface area contributed by atoms with E-state index in [1.165, 1.54) is 6.92 Å². The van der Waals surface area contributed by atoms with Gasteiger partial charge in [-0.15, -0.1) is 0 Å². The van der Waals surface area contributed by atoms with Crippen LogP contribution in [0.2, 0.25) is 0 Å². The zero-order valence-corrected chi connectivity index (χ0v) is 14.3. The van der Waals surface area contributed by atoms with E-state index in [1.807, 2.05) is 0 Å². The molecule has 1 aliphatic carbocycles. The van der Waals surface area contributed by atoms with Crippen molar-refractivity contribution in [1.29, 1.82) is 0 Å². The van der Waals surface area contributed by atoms with Crippen molar-refractivity contribution in [2.45, 2.75) is 32.2 Å². The fraction of sp³-hybridized carbons (Fsp3) is 0.412. The molecule has 0 bridgehead atoms. The highest BCUT2D eigenvalue weighted by atomic mass is 16.7. The maximum atomic E-state index is 12.0. The van der Waals surface area contributed by atoms with E-state index in [4.69, 9.17) is 24.1 Å². The second kappa shape index (κ2) is 8.71. The van der Waals surface area contributed by atoms with Crippen LogP contribution >= 0.6 is 0 Å². The Bertz CT molecular complexity index is 835. The number of ketones is 3. The highest BCUT2D eigenvalue weighted by Crippen LogP contribution is 2.30. The van der Waals surface area contributed by atoms with E-state index in [-0.39, 0.29) is 19.6 Å². The van der Waals surface area contributed by atoms with Crippen molar-refractivity contribution in [2.24, 2.45) is 0 Å². The summed E-state index contributed by atoms with van der Waals surface area (Å²) in [5.41, 5.74) is -1.35. The minimum atomic E-state index is -1.02. The van der Waals surface area contributed by atoms with Crippen LogP contribution in [0.25, 0.3) is 5.57 Å². The number of aromatic hydroxyl groups is 1. The highest BCUT2D eigenvalue weighted by molar-refractivity contribution is 6.53. The number of carbonyl (C=O) groups is 3. The van der Waals surface area contributed by atoms with Crippen LogP contribution in [-0.4, -0.2) is 58.3 Å². The van der Waals surface area contributed by atoms with E-state index in [2.05, 4.69) is 0 Å². The molecular weight excluding hydrogens is 364 g/mol. The molecule has 0 radical (unpaired) electrons. The Morgan fingerprint density at radius 1 is 1.19 bits per heavy atom. The van der Waals surface area contributed by atoms with Crippen LogP contribution in [0.5, 0.6) is 11.7 Å². The van der Waals surface area contributed by atoms with Gasteiger partial charge in [-0.3, -0.25) is 19.2 Å². The van der Waals surface area contributed by atoms with Crippen LogP contribution in [-0.2, 0) is 19.1 Å². The molecule has 10 heteroatoms. The largest absolute Gasteiger partial charge is 0.502 e. The Morgan fingerprint density at radius 3 is 2.52 bits per heavy atom. The first kappa shape index (κ1) is 20.5. The quantitative estimate of drug-likeness (QED) is 0.298. The summed E-state index contributed by atoms with van der Waals surface area (Å²) >= 11 is 0. The van der Waals surface area contributed by atoms with Gasteiger partial charge in [0.1, 0.15) is 0 Å². The Kier molecular flexibility index (Phi) is 6.61. The number of allylic oxidation sites excluding steroid dienone is 2. The predicted octanol–water partition coefficient (Wildman–Crippen LogP) is -0.676. The molecule has 2 atom stereocenters. The average Bonchev–Trinajstić information content (AvgIpc) is 2.60. The van der Waals surface area contributed by atoms with Crippen molar-refractivity contribution >= 4 is 22.9 Å². The second-order valence-electron chi connectivity index (χ2n) is 5.69. The molecule has 1 aromatic rings. The molecule has 0 fully saturated rings. The molecule has 0 aliphatic heterocycles. The predicted molar refractivity (Wildman–Crippen MR) is 88.0 cm³/mol.